The Hall–Kier alpha value is -3.50. The topological polar surface area (TPSA) is 52.9 Å². The number of allylic oxidation sites excluding steroid dienone is 2. The number of hydrogen-bond acceptors (Lipinski definition) is 4. The van der Waals surface area contributed by atoms with Gasteiger partial charge in [0.05, 0.1) is 0 Å². The number of rotatable bonds is 9. The van der Waals surface area contributed by atoms with Crippen molar-refractivity contribution in [3.05, 3.63) is 107 Å². The van der Waals surface area contributed by atoms with Crippen molar-refractivity contribution in [3.63, 3.8) is 0 Å². The number of ether oxygens (including phenoxy) is 1. The molecule has 1 heterocycles. The van der Waals surface area contributed by atoms with E-state index in [0.717, 1.165) is 47.4 Å². The Morgan fingerprint density at radius 2 is 1.59 bits per heavy atom. The summed E-state index contributed by atoms with van der Waals surface area (Å²) in [7, 11) is 2.13. The summed E-state index contributed by atoms with van der Waals surface area (Å²) in [5.41, 5.74) is 6.85. The Kier molecular flexibility index (Phi) is 8.05. The molecule has 4 rings (SSSR count). The summed E-state index contributed by atoms with van der Waals surface area (Å²) in [6.45, 7) is 1.81. The predicted octanol–water partition coefficient (Wildman–Crippen LogP) is 6.11. The molecular formula is C30H33NO3. The molecule has 0 atom stereocenters. The number of likely N-dealkylation sites (tertiary alicyclic amines) is 1. The number of phenols is 1. The number of aliphatic hydroxyl groups is 1. The maximum Gasteiger partial charge on any atom is 0.119 e. The second kappa shape index (κ2) is 11.6. The molecule has 0 radical (unpaired) electrons. The van der Waals surface area contributed by atoms with Gasteiger partial charge in [0.25, 0.3) is 0 Å². The highest BCUT2D eigenvalue weighted by molar-refractivity contribution is 5.98. The van der Waals surface area contributed by atoms with Crippen molar-refractivity contribution >= 4 is 11.1 Å². The molecule has 0 saturated carbocycles. The standard InChI is InChI=1S/C30H33NO3/c1-31-20-5-9-26(31)19-22-34-28-17-13-25(14-18-28)30(24-11-15-27(33)16-12-24)29(10-6-21-32)23-7-3-2-4-8-23/h2-4,7-8,11-19,32-33H,5-6,9-10,20-22H2,1H3/b26-19+,30-29-. The Labute approximate surface area is 202 Å². The summed E-state index contributed by atoms with van der Waals surface area (Å²) in [4.78, 5) is 2.29. The largest absolute Gasteiger partial charge is 0.508 e. The Morgan fingerprint density at radius 1 is 0.912 bits per heavy atom. The Morgan fingerprint density at radius 3 is 2.21 bits per heavy atom. The molecule has 0 aliphatic carbocycles. The van der Waals surface area contributed by atoms with Gasteiger partial charge in [-0.15, -0.1) is 0 Å². The second-order valence-electron chi connectivity index (χ2n) is 8.65. The van der Waals surface area contributed by atoms with Gasteiger partial charge in [0.1, 0.15) is 18.1 Å². The quantitative estimate of drug-likeness (QED) is 0.382. The zero-order valence-electron chi connectivity index (χ0n) is 19.8. The van der Waals surface area contributed by atoms with Crippen molar-refractivity contribution in [1.82, 2.24) is 4.90 Å². The van der Waals surface area contributed by atoms with E-state index in [2.05, 4.69) is 42.3 Å². The molecule has 4 heteroatoms. The second-order valence-corrected chi connectivity index (χ2v) is 8.65. The lowest BCUT2D eigenvalue weighted by molar-refractivity contribution is 0.290. The first-order chi connectivity index (χ1) is 16.7. The number of benzene rings is 3. The number of phenolic OH excluding ortho intramolecular Hbond substituents is 1. The molecule has 0 amide bonds. The lowest BCUT2D eigenvalue weighted by Gasteiger charge is -2.18. The van der Waals surface area contributed by atoms with E-state index >= 15 is 0 Å². The van der Waals surface area contributed by atoms with Crippen LogP contribution in [0.15, 0.2) is 90.6 Å². The normalized spacial score (nSPS) is 15.5. The van der Waals surface area contributed by atoms with E-state index in [1.54, 1.807) is 12.1 Å². The molecule has 0 unspecified atom stereocenters. The number of hydrogen-bond donors (Lipinski definition) is 2. The van der Waals surface area contributed by atoms with Gasteiger partial charge in [-0.1, -0.05) is 54.6 Å². The summed E-state index contributed by atoms with van der Waals surface area (Å²) >= 11 is 0. The molecule has 3 aromatic carbocycles. The molecule has 4 nitrogen and oxygen atoms in total. The first kappa shape index (κ1) is 23.7. The van der Waals surface area contributed by atoms with Crippen LogP contribution in [0.4, 0.5) is 0 Å². The van der Waals surface area contributed by atoms with Gasteiger partial charge in [-0.05, 0) is 83.9 Å². The van der Waals surface area contributed by atoms with Crippen molar-refractivity contribution in [2.24, 2.45) is 0 Å². The molecule has 1 aliphatic heterocycles. The van der Waals surface area contributed by atoms with Gasteiger partial charge in [0.2, 0.25) is 0 Å². The first-order valence-corrected chi connectivity index (χ1v) is 12.0. The Balaban J connectivity index is 1.67. The van der Waals surface area contributed by atoms with Crippen LogP contribution >= 0.6 is 0 Å². The predicted molar refractivity (Wildman–Crippen MR) is 139 cm³/mol. The third kappa shape index (κ3) is 5.89. The molecular weight excluding hydrogens is 422 g/mol. The minimum absolute atomic E-state index is 0.136. The summed E-state index contributed by atoms with van der Waals surface area (Å²) in [6, 6.07) is 25.8. The third-order valence-corrected chi connectivity index (χ3v) is 6.29. The van der Waals surface area contributed by atoms with Crippen molar-refractivity contribution in [1.29, 1.82) is 0 Å². The maximum atomic E-state index is 9.85. The smallest absolute Gasteiger partial charge is 0.119 e. The molecule has 0 aromatic heterocycles. The van der Waals surface area contributed by atoms with Crippen LogP contribution in [0.3, 0.4) is 0 Å². The molecule has 34 heavy (non-hydrogen) atoms. The zero-order chi connectivity index (χ0) is 23.8. The molecule has 1 fully saturated rings. The van der Waals surface area contributed by atoms with Gasteiger partial charge in [-0.25, -0.2) is 0 Å². The van der Waals surface area contributed by atoms with E-state index in [1.165, 1.54) is 17.7 Å². The summed E-state index contributed by atoms with van der Waals surface area (Å²) in [6.07, 6.45) is 5.93. The minimum atomic E-state index is 0.136. The van der Waals surface area contributed by atoms with Crippen molar-refractivity contribution in [3.8, 4) is 11.5 Å². The van der Waals surface area contributed by atoms with Crippen molar-refractivity contribution in [2.75, 3.05) is 26.8 Å². The fourth-order valence-corrected chi connectivity index (χ4v) is 4.49. The SMILES string of the molecule is CN1CCC/C1=C\COc1ccc(/C(=C(/CCCO)c2ccccc2)c2ccc(O)cc2)cc1. The van der Waals surface area contributed by atoms with E-state index in [0.29, 0.717) is 13.0 Å². The lowest BCUT2D eigenvalue weighted by Crippen LogP contribution is -2.11. The van der Waals surface area contributed by atoms with Gasteiger partial charge in [-0.3, -0.25) is 0 Å². The Bertz CT molecular complexity index is 1120. The van der Waals surface area contributed by atoms with Crippen LogP contribution in [0.25, 0.3) is 11.1 Å². The van der Waals surface area contributed by atoms with Gasteiger partial charge in [0.15, 0.2) is 0 Å². The fourth-order valence-electron chi connectivity index (χ4n) is 4.49. The van der Waals surface area contributed by atoms with Crippen LogP contribution in [0.2, 0.25) is 0 Å². The molecule has 0 spiro atoms. The number of nitrogens with zero attached hydrogens (tertiary/aromatic N) is 1. The van der Waals surface area contributed by atoms with Crippen LogP contribution in [-0.2, 0) is 0 Å². The fraction of sp³-hybridized carbons (Fsp3) is 0.267. The van der Waals surface area contributed by atoms with Gasteiger partial charge < -0.3 is 19.8 Å². The minimum Gasteiger partial charge on any atom is -0.508 e. The van der Waals surface area contributed by atoms with E-state index in [-0.39, 0.29) is 12.4 Å². The van der Waals surface area contributed by atoms with Gasteiger partial charge in [-0.2, -0.15) is 0 Å². The van der Waals surface area contributed by atoms with Crippen LogP contribution in [0, 0.1) is 0 Å². The number of aliphatic hydroxyl groups excluding tert-OH is 1. The average molecular weight is 456 g/mol. The first-order valence-electron chi connectivity index (χ1n) is 12.0. The molecule has 176 valence electrons. The molecule has 1 saturated heterocycles. The molecule has 0 bridgehead atoms. The lowest BCUT2D eigenvalue weighted by atomic mass is 9.87. The highest BCUT2D eigenvalue weighted by Crippen LogP contribution is 2.36. The van der Waals surface area contributed by atoms with Crippen LogP contribution in [0.5, 0.6) is 11.5 Å². The number of aromatic hydroxyl groups is 1. The highest BCUT2D eigenvalue weighted by Gasteiger charge is 2.15. The maximum absolute atomic E-state index is 9.85. The van der Waals surface area contributed by atoms with Gasteiger partial charge in [0, 0.05) is 25.9 Å². The molecule has 3 aromatic rings. The summed E-state index contributed by atoms with van der Waals surface area (Å²) in [5.74, 6) is 1.08. The van der Waals surface area contributed by atoms with Gasteiger partial charge >= 0.3 is 0 Å². The van der Waals surface area contributed by atoms with Crippen LogP contribution in [0.1, 0.15) is 42.4 Å². The van der Waals surface area contributed by atoms with E-state index in [9.17, 15) is 10.2 Å². The highest BCUT2D eigenvalue weighted by atomic mass is 16.5. The van der Waals surface area contributed by atoms with E-state index in [4.69, 9.17) is 4.74 Å². The van der Waals surface area contributed by atoms with Crippen molar-refractivity contribution in [2.45, 2.75) is 25.7 Å². The average Bonchev–Trinajstić information content (AvgIpc) is 3.28. The summed E-state index contributed by atoms with van der Waals surface area (Å²) in [5, 5.41) is 19.4. The van der Waals surface area contributed by atoms with Crippen LogP contribution < -0.4 is 4.74 Å². The van der Waals surface area contributed by atoms with Crippen LogP contribution in [-0.4, -0.2) is 41.9 Å². The molecule has 2 N–H and O–H groups in total. The molecule has 1 aliphatic rings. The summed E-state index contributed by atoms with van der Waals surface area (Å²) < 4.78 is 6.00. The zero-order valence-corrected chi connectivity index (χ0v) is 19.8. The van der Waals surface area contributed by atoms with E-state index in [1.807, 2.05) is 42.5 Å². The van der Waals surface area contributed by atoms with E-state index < -0.39 is 0 Å². The van der Waals surface area contributed by atoms with Crippen molar-refractivity contribution < 1.29 is 14.9 Å². The monoisotopic (exact) mass is 455 g/mol. The third-order valence-electron chi connectivity index (χ3n) is 6.29.